The maximum atomic E-state index is 7.29. The average molecular weight is 249 g/mol. The second-order valence-corrected chi connectivity index (χ2v) is 4.77. The lowest BCUT2D eigenvalue weighted by Crippen LogP contribution is -2.35. The van der Waals surface area contributed by atoms with E-state index in [2.05, 4.69) is 18.8 Å². The van der Waals surface area contributed by atoms with Crippen molar-refractivity contribution in [2.75, 3.05) is 0 Å². The van der Waals surface area contributed by atoms with E-state index >= 15 is 0 Å². The second kappa shape index (κ2) is 5.35. The summed E-state index contributed by atoms with van der Waals surface area (Å²) in [5.74, 6) is 0.591. The fourth-order valence-electron chi connectivity index (χ4n) is 2.22. The van der Waals surface area contributed by atoms with Crippen molar-refractivity contribution in [3.8, 4) is 5.88 Å². The molecule has 1 aliphatic rings. The molecule has 0 spiro atoms. The van der Waals surface area contributed by atoms with Crippen LogP contribution in [0.4, 0.5) is 0 Å². The van der Waals surface area contributed by atoms with Crippen LogP contribution in [0.15, 0.2) is 18.3 Å². The summed E-state index contributed by atoms with van der Waals surface area (Å²) in [5, 5.41) is 7.29. The number of ether oxygens (including phenoxy) is 2. The SMILES string of the molecule is CC1CC(Oc2ccc(C(=N)N)cn2)CC(C)O1. The minimum atomic E-state index is 0.0161. The van der Waals surface area contributed by atoms with E-state index in [0.29, 0.717) is 11.4 Å². The number of nitrogens with zero attached hydrogens (tertiary/aromatic N) is 1. The number of nitrogens with two attached hydrogens (primary N) is 1. The molecule has 0 aromatic carbocycles. The number of amidine groups is 1. The number of nitrogens with one attached hydrogen (secondary N) is 1. The topological polar surface area (TPSA) is 81.2 Å². The van der Waals surface area contributed by atoms with E-state index in [9.17, 15) is 0 Å². The first-order chi connectivity index (χ1) is 8.54. The minimum absolute atomic E-state index is 0.0161. The summed E-state index contributed by atoms with van der Waals surface area (Å²) in [6.07, 6.45) is 3.88. The molecule has 2 unspecified atom stereocenters. The Balaban J connectivity index is 1.98. The van der Waals surface area contributed by atoms with Crippen molar-refractivity contribution in [3.05, 3.63) is 23.9 Å². The van der Waals surface area contributed by atoms with E-state index in [1.807, 2.05) is 0 Å². The van der Waals surface area contributed by atoms with Gasteiger partial charge in [0.15, 0.2) is 0 Å². The standard InChI is InChI=1S/C13H19N3O2/c1-8-5-11(6-9(2)17-8)18-12-4-3-10(7-16-12)13(14)15/h3-4,7-9,11H,5-6H2,1-2H3,(H3,14,15). The molecular weight excluding hydrogens is 230 g/mol. The molecular formula is C13H19N3O2. The predicted octanol–water partition coefficient (Wildman–Crippen LogP) is 1.70. The van der Waals surface area contributed by atoms with Gasteiger partial charge in [-0.15, -0.1) is 0 Å². The lowest BCUT2D eigenvalue weighted by Gasteiger charge is -2.31. The zero-order chi connectivity index (χ0) is 13.1. The molecule has 0 radical (unpaired) electrons. The molecule has 0 bridgehead atoms. The Labute approximate surface area is 107 Å². The molecule has 2 heterocycles. The van der Waals surface area contributed by atoms with Gasteiger partial charge in [0.25, 0.3) is 0 Å². The maximum absolute atomic E-state index is 7.29. The third-order valence-corrected chi connectivity index (χ3v) is 2.99. The van der Waals surface area contributed by atoms with E-state index in [0.717, 1.165) is 12.8 Å². The van der Waals surface area contributed by atoms with Crippen LogP contribution < -0.4 is 10.5 Å². The summed E-state index contributed by atoms with van der Waals surface area (Å²) >= 11 is 0. The Hall–Kier alpha value is -1.62. The molecule has 2 rings (SSSR count). The quantitative estimate of drug-likeness (QED) is 0.631. The van der Waals surface area contributed by atoms with Crippen molar-refractivity contribution in [2.24, 2.45) is 5.73 Å². The molecule has 98 valence electrons. The number of pyridine rings is 1. The van der Waals surface area contributed by atoms with Crippen LogP contribution in [-0.2, 0) is 4.74 Å². The smallest absolute Gasteiger partial charge is 0.213 e. The molecule has 1 aliphatic heterocycles. The van der Waals surface area contributed by atoms with Crippen molar-refractivity contribution in [2.45, 2.75) is 45.0 Å². The van der Waals surface area contributed by atoms with Gasteiger partial charge in [-0.25, -0.2) is 4.98 Å². The molecule has 1 fully saturated rings. The van der Waals surface area contributed by atoms with E-state index < -0.39 is 0 Å². The molecule has 0 saturated carbocycles. The van der Waals surface area contributed by atoms with Crippen LogP contribution in [0.5, 0.6) is 5.88 Å². The molecule has 1 aromatic rings. The number of hydrogen-bond acceptors (Lipinski definition) is 4. The molecule has 5 nitrogen and oxygen atoms in total. The Morgan fingerprint density at radius 2 is 2.06 bits per heavy atom. The summed E-state index contributed by atoms with van der Waals surface area (Å²) in [5.41, 5.74) is 5.98. The van der Waals surface area contributed by atoms with Crippen LogP contribution in [-0.4, -0.2) is 29.1 Å². The average Bonchev–Trinajstić information content (AvgIpc) is 2.28. The minimum Gasteiger partial charge on any atom is -0.474 e. The molecule has 18 heavy (non-hydrogen) atoms. The molecule has 0 aliphatic carbocycles. The van der Waals surface area contributed by atoms with Gasteiger partial charge in [-0.3, -0.25) is 5.41 Å². The van der Waals surface area contributed by atoms with Crippen LogP contribution in [0.25, 0.3) is 0 Å². The van der Waals surface area contributed by atoms with Crippen molar-refractivity contribution >= 4 is 5.84 Å². The van der Waals surface area contributed by atoms with E-state index in [1.165, 1.54) is 0 Å². The molecule has 1 saturated heterocycles. The lowest BCUT2D eigenvalue weighted by atomic mass is 10.0. The van der Waals surface area contributed by atoms with Gasteiger partial charge in [-0.1, -0.05) is 0 Å². The Morgan fingerprint density at radius 1 is 1.39 bits per heavy atom. The summed E-state index contributed by atoms with van der Waals surface area (Å²) in [6.45, 7) is 4.11. The number of aromatic nitrogens is 1. The van der Waals surface area contributed by atoms with E-state index in [-0.39, 0.29) is 24.1 Å². The van der Waals surface area contributed by atoms with Crippen LogP contribution in [0, 0.1) is 5.41 Å². The maximum Gasteiger partial charge on any atom is 0.213 e. The first-order valence-electron chi connectivity index (χ1n) is 6.17. The second-order valence-electron chi connectivity index (χ2n) is 4.77. The van der Waals surface area contributed by atoms with Crippen LogP contribution in [0.3, 0.4) is 0 Å². The van der Waals surface area contributed by atoms with Crippen LogP contribution >= 0.6 is 0 Å². The van der Waals surface area contributed by atoms with Gasteiger partial charge in [0.05, 0.1) is 12.2 Å². The zero-order valence-electron chi connectivity index (χ0n) is 10.7. The van der Waals surface area contributed by atoms with Crippen molar-refractivity contribution in [1.29, 1.82) is 5.41 Å². The fourth-order valence-corrected chi connectivity index (χ4v) is 2.22. The van der Waals surface area contributed by atoms with Gasteiger partial charge in [-0.2, -0.15) is 0 Å². The fraction of sp³-hybridized carbons (Fsp3) is 0.538. The largest absolute Gasteiger partial charge is 0.474 e. The van der Waals surface area contributed by atoms with Gasteiger partial charge in [0.1, 0.15) is 11.9 Å². The van der Waals surface area contributed by atoms with Gasteiger partial charge >= 0.3 is 0 Å². The normalized spacial score (nSPS) is 27.8. The summed E-state index contributed by atoms with van der Waals surface area (Å²) in [6, 6.07) is 3.50. The van der Waals surface area contributed by atoms with Crippen molar-refractivity contribution in [3.63, 3.8) is 0 Å². The van der Waals surface area contributed by atoms with E-state index in [4.69, 9.17) is 20.6 Å². The third kappa shape index (κ3) is 3.20. The van der Waals surface area contributed by atoms with Gasteiger partial charge in [-0.05, 0) is 19.9 Å². The van der Waals surface area contributed by atoms with Crippen molar-refractivity contribution in [1.82, 2.24) is 4.98 Å². The predicted molar refractivity (Wildman–Crippen MR) is 68.9 cm³/mol. The monoisotopic (exact) mass is 249 g/mol. The highest BCUT2D eigenvalue weighted by atomic mass is 16.5. The molecule has 2 atom stereocenters. The molecule has 0 amide bonds. The molecule has 3 N–H and O–H groups in total. The van der Waals surface area contributed by atoms with Crippen LogP contribution in [0.1, 0.15) is 32.3 Å². The highest BCUT2D eigenvalue weighted by molar-refractivity contribution is 5.94. The first-order valence-corrected chi connectivity index (χ1v) is 6.17. The van der Waals surface area contributed by atoms with Gasteiger partial charge < -0.3 is 15.2 Å². The Morgan fingerprint density at radius 3 is 2.56 bits per heavy atom. The highest BCUT2D eigenvalue weighted by Crippen LogP contribution is 2.23. The number of hydrogen-bond donors (Lipinski definition) is 2. The highest BCUT2D eigenvalue weighted by Gasteiger charge is 2.25. The molecule has 5 heteroatoms. The van der Waals surface area contributed by atoms with Gasteiger partial charge in [0.2, 0.25) is 5.88 Å². The summed E-state index contributed by atoms with van der Waals surface area (Å²) in [4.78, 5) is 4.16. The number of rotatable bonds is 3. The van der Waals surface area contributed by atoms with Crippen molar-refractivity contribution < 1.29 is 9.47 Å². The van der Waals surface area contributed by atoms with E-state index in [1.54, 1.807) is 18.3 Å². The first kappa shape index (κ1) is 12.8. The van der Waals surface area contributed by atoms with Gasteiger partial charge in [0, 0.05) is 30.7 Å². The summed E-state index contributed by atoms with van der Waals surface area (Å²) in [7, 11) is 0. The Bertz CT molecular complexity index is 409. The zero-order valence-corrected chi connectivity index (χ0v) is 10.7. The molecule has 1 aromatic heterocycles. The number of nitrogen functional groups attached to an aromatic ring is 1. The third-order valence-electron chi connectivity index (χ3n) is 2.99. The lowest BCUT2D eigenvalue weighted by molar-refractivity contribution is -0.0729. The summed E-state index contributed by atoms with van der Waals surface area (Å²) < 4.78 is 11.5. The van der Waals surface area contributed by atoms with Crippen LogP contribution in [0.2, 0.25) is 0 Å². The Kier molecular flexibility index (Phi) is 3.81.